The Bertz CT molecular complexity index is 4400. The van der Waals surface area contributed by atoms with Gasteiger partial charge in [-0.25, -0.2) is 42.5 Å². The monoisotopic (exact) mass is 1330 g/mol. The zero-order chi connectivity index (χ0) is 69.8. The fourth-order valence-corrected chi connectivity index (χ4v) is 12.1. The van der Waals surface area contributed by atoms with Gasteiger partial charge in [-0.05, 0) is 194 Å². The lowest BCUT2D eigenvalue weighted by molar-refractivity contribution is -0.164. The molecule has 3 atom stereocenters. The van der Waals surface area contributed by atoms with Crippen molar-refractivity contribution in [2.45, 2.75) is 173 Å². The van der Waals surface area contributed by atoms with Crippen molar-refractivity contribution >= 4 is 85.8 Å². The number of carbonyl (C=O) groups excluding carboxylic acids is 2. The van der Waals surface area contributed by atoms with Crippen LogP contribution in [-0.2, 0) is 51.2 Å². The number of pyridine rings is 3. The molecule has 0 radical (unpaired) electrons. The number of ether oxygens (including phenoxy) is 5. The molecule has 0 aliphatic heterocycles. The van der Waals surface area contributed by atoms with Gasteiger partial charge in [-0.15, -0.1) is 0 Å². The third-order valence-electron chi connectivity index (χ3n) is 16.2. The molecule has 0 fully saturated rings. The Morgan fingerprint density at radius 1 is 0.500 bits per heavy atom. The van der Waals surface area contributed by atoms with Crippen molar-refractivity contribution in [2.75, 3.05) is 27.3 Å². The Labute approximate surface area is 566 Å². The normalized spacial score (nSPS) is 12.7. The van der Waals surface area contributed by atoms with Crippen LogP contribution in [0.1, 0.15) is 148 Å². The van der Waals surface area contributed by atoms with E-state index in [-0.39, 0.29) is 0 Å². The summed E-state index contributed by atoms with van der Waals surface area (Å²) in [7, 11) is 2.73. The van der Waals surface area contributed by atoms with E-state index in [9.17, 15) is 19.5 Å². The second-order valence-corrected chi connectivity index (χ2v) is 27.5. The van der Waals surface area contributed by atoms with E-state index in [1.54, 1.807) is 12.1 Å². The van der Waals surface area contributed by atoms with Gasteiger partial charge in [0.05, 0.1) is 44.1 Å². The van der Waals surface area contributed by atoms with Crippen LogP contribution in [0, 0.1) is 75.5 Å². The Morgan fingerprint density at radius 2 is 0.809 bits per heavy atom. The highest BCUT2D eigenvalue weighted by molar-refractivity contribution is 6.31. The van der Waals surface area contributed by atoms with Crippen LogP contribution < -0.4 is 0 Å². The molecule has 9 rings (SSSR count). The third-order valence-corrected chi connectivity index (χ3v) is 16.9. The predicted octanol–water partition coefficient (Wildman–Crippen LogP) is 18.2. The molecule has 9 aromatic rings. The van der Waals surface area contributed by atoms with Crippen LogP contribution in [0.3, 0.4) is 0 Å². The van der Waals surface area contributed by atoms with Crippen LogP contribution in [0.2, 0.25) is 15.1 Å². The van der Waals surface area contributed by atoms with E-state index in [1.807, 2.05) is 190 Å². The minimum atomic E-state index is -1.19. The van der Waals surface area contributed by atoms with Crippen molar-refractivity contribution in [3.05, 3.63) is 178 Å². The Balaban J connectivity index is 0.000000200. The molecule has 94 heavy (non-hydrogen) atoms. The number of nitrogens with zero attached hydrogens (tertiary/aromatic N) is 7. The van der Waals surface area contributed by atoms with E-state index in [1.165, 1.54) is 14.2 Å². The standard InChI is InChI=1S/C26H30ClN3O3.C25H28ClN3O3.C23H27ClN2O3/c1-15-17(3)30(14-13-28-7)24-20(15)22(18-9-11-19(27)12-10-18)21(16(2)29-24)23(25(31)32-8)33-26(4,5)6;1-14-16(3)29(13-12-27-7)23-19(14)21(17-8-10-18(26)11-9-17)20(15(2)28-23)22(24(30)31)32-25(4,5)6;1-12-13(2)25-21-17(12)19(15-8-10-16(24)11-9-15)18(14(3)26-21)20(22(27)28-7)29-23(4,5)6/h9-12,23H,13-14H2,1-6,8H3;8-11,22H,12-13H2,1-6H3,(H,30,31);8-11,20H,1-7H3,(H,25,26). The van der Waals surface area contributed by atoms with Crippen LogP contribution >= 0.6 is 34.8 Å². The number of H-pyrrole nitrogens is 1. The van der Waals surface area contributed by atoms with E-state index in [2.05, 4.69) is 19.2 Å². The van der Waals surface area contributed by atoms with Crippen LogP contribution in [0.4, 0.5) is 0 Å². The maximum absolute atomic E-state index is 13.0. The number of hydrogen-bond donors (Lipinski definition) is 2. The van der Waals surface area contributed by atoms with Crippen molar-refractivity contribution in [3.8, 4) is 33.4 Å². The average Bonchev–Trinajstić information content (AvgIpc) is 1.52. The van der Waals surface area contributed by atoms with Gasteiger partial charge in [-0.1, -0.05) is 71.2 Å². The lowest BCUT2D eigenvalue weighted by Crippen LogP contribution is -2.29. The molecule has 6 aromatic heterocycles. The van der Waals surface area contributed by atoms with Gasteiger partial charge >= 0.3 is 17.9 Å². The van der Waals surface area contributed by atoms with Gasteiger partial charge < -0.3 is 52.6 Å². The van der Waals surface area contributed by atoms with E-state index in [0.29, 0.717) is 75.0 Å². The first-order chi connectivity index (χ1) is 44.0. The number of aliphatic carboxylic acids is 1. The summed E-state index contributed by atoms with van der Waals surface area (Å²) in [4.78, 5) is 63.1. The Kier molecular flexibility index (Phi) is 23.1. The summed E-state index contributed by atoms with van der Waals surface area (Å²) >= 11 is 18.5. The zero-order valence-corrected chi connectivity index (χ0v) is 59.7. The number of carbonyl (C=O) groups is 3. The molecular weight excluding hydrogens is 1250 g/mol. The van der Waals surface area contributed by atoms with Crippen molar-refractivity contribution in [3.63, 3.8) is 0 Å². The molecule has 0 saturated carbocycles. The average molecular weight is 1340 g/mol. The Hall–Kier alpha value is -8.13. The summed E-state index contributed by atoms with van der Waals surface area (Å²) in [5, 5.41) is 14.8. The number of benzene rings is 3. The van der Waals surface area contributed by atoms with Crippen molar-refractivity contribution in [2.24, 2.45) is 0 Å². The predicted molar refractivity (Wildman–Crippen MR) is 375 cm³/mol. The second-order valence-electron chi connectivity index (χ2n) is 26.2. The number of carboxylic acids is 1. The molecule has 20 heteroatoms. The van der Waals surface area contributed by atoms with Gasteiger partial charge in [0.2, 0.25) is 13.1 Å². The molecule has 3 aromatic carbocycles. The molecule has 0 spiro atoms. The number of aromatic amines is 1. The number of halogens is 3. The maximum atomic E-state index is 13.0. The number of rotatable bonds is 16. The third kappa shape index (κ3) is 16.1. The quantitative estimate of drug-likeness (QED) is 0.0688. The maximum Gasteiger partial charge on any atom is 0.339 e. The lowest BCUT2D eigenvalue weighted by Gasteiger charge is -2.28. The van der Waals surface area contributed by atoms with Gasteiger partial charge in [-0.2, -0.15) is 0 Å². The number of methoxy groups -OCH3 is 2. The van der Waals surface area contributed by atoms with E-state index < -0.39 is 53.0 Å². The van der Waals surface area contributed by atoms with Gasteiger partial charge in [0, 0.05) is 98.8 Å². The summed E-state index contributed by atoms with van der Waals surface area (Å²) in [5.74, 6) is -2.00. The van der Waals surface area contributed by atoms with Crippen molar-refractivity contribution in [1.29, 1.82) is 0 Å². The number of fused-ring (bicyclic) bond motifs is 3. The number of nitrogens with one attached hydrogen (secondary N) is 1. The van der Waals surface area contributed by atoms with Gasteiger partial charge in [0.1, 0.15) is 16.9 Å². The molecule has 3 unspecified atom stereocenters. The summed E-state index contributed by atoms with van der Waals surface area (Å²) < 4.78 is 32.8. The molecule has 496 valence electrons. The first-order valence-corrected chi connectivity index (χ1v) is 32.0. The van der Waals surface area contributed by atoms with E-state index >= 15 is 0 Å². The smallest absolute Gasteiger partial charge is 0.339 e. The molecule has 6 heterocycles. The zero-order valence-electron chi connectivity index (χ0n) is 57.5. The summed E-state index contributed by atoms with van der Waals surface area (Å²) in [6.07, 6.45) is -3.05. The SMILES string of the molecule is COC(=O)C(OC(C)(C)C)c1c(C)nc2[nH]c(C)c(C)c2c1-c1ccc(Cl)cc1.[C-]#[N+]CCn1c(C)c(C)c2c(-c3ccc(Cl)cc3)c(C(OC(C)(C)C)C(=O)O)c(C)nc21.[C-]#[N+]CCn1c(C)c(C)c2c(-c3ccc(Cl)cc3)c(C(OC(C)(C)C)C(=O)OC)c(C)nc21. The van der Waals surface area contributed by atoms with E-state index in [4.69, 9.17) is 86.6 Å². The molecule has 17 nitrogen and oxygen atoms in total. The minimum absolute atomic E-state index is 0.341. The van der Waals surface area contributed by atoms with Crippen LogP contribution in [0.5, 0.6) is 0 Å². The van der Waals surface area contributed by atoms with Crippen molar-refractivity contribution in [1.82, 2.24) is 29.1 Å². The number of aromatic nitrogens is 6. The first kappa shape index (κ1) is 73.3. The highest BCUT2D eigenvalue weighted by Gasteiger charge is 2.38. The van der Waals surface area contributed by atoms with Gasteiger partial charge in [0.15, 0.2) is 18.3 Å². The highest BCUT2D eigenvalue weighted by Crippen LogP contribution is 2.46. The fraction of sp³-hybridized carbons (Fsp3) is 0.405. The molecule has 0 amide bonds. The van der Waals surface area contributed by atoms with Gasteiger partial charge in [0.25, 0.3) is 0 Å². The number of carboxylic acid groups (broad SMARTS) is 1. The first-order valence-electron chi connectivity index (χ1n) is 30.8. The van der Waals surface area contributed by atoms with Gasteiger partial charge in [-0.3, -0.25) is 0 Å². The number of aryl methyl sites for hydroxylation is 7. The van der Waals surface area contributed by atoms with Crippen LogP contribution in [-0.4, -0.2) is 96.2 Å². The second kappa shape index (κ2) is 29.7. The summed E-state index contributed by atoms with van der Waals surface area (Å²) in [5.41, 5.74) is 15.9. The summed E-state index contributed by atoms with van der Waals surface area (Å²) in [6.45, 7) is 50.9. The number of esters is 2. The molecular formula is C74H85Cl3N8O9. The topological polar surface area (TPSA) is 191 Å². The largest absolute Gasteiger partial charge is 0.479 e. The summed E-state index contributed by atoms with van der Waals surface area (Å²) in [6, 6.07) is 22.5. The molecule has 0 saturated heterocycles. The van der Waals surface area contributed by atoms with Crippen LogP contribution in [0.25, 0.3) is 76.2 Å². The molecule has 2 N–H and O–H groups in total. The Morgan fingerprint density at radius 3 is 1.12 bits per heavy atom. The lowest BCUT2D eigenvalue weighted by atomic mass is 9.91. The molecule has 0 bridgehead atoms. The number of hydrogen-bond acceptors (Lipinski definition) is 11. The van der Waals surface area contributed by atoms with E-state index in [0.717, 1.165) is 100 Å². The molecule has 0 aliphatic rings. The fourth-order valence-electron chi connectivity index (χ4n) is 11.7. The minimum Gasteiger partial charge on any atom is -0.479 e. The highest BCUT2D eigenvalue weighted by atomic mass is 35.5. The molecule has 0 aliphatic carbocycles. The van der Waals surface area contributed by atoms with Crippen LogP contribution in [0.15, 0.2) is 72.8 Å². The van der Waals surface area contributed by atoms with Crippen molar-refractivity contribution < 1.29 is 43.2 Å².